The van der Waals surface area contributed by atoms with Crippen LogP contribution in [0.15, 0.2) is 0 Å². The zero-order valence-corrected chi connectivity index (χ0v) is 9.44. The number of carbonyl (C=O) groups is 1. The second kappa shape index (κ2) is 4.49. The molecule has 1 saturated carbocycles. The predicted molar refractivity (Wildman–Crippen MR) is 55.5 cm³/mol. The monoisotopic (exact) mass is 213 g/mol. The lowest BCUT2D eigenvalue weighted by Gasteiger charge is -2.38. The van der Waals surface area contributed by atoms with Gasteiger partial charge in [0.25, 0.3) is 0 Å². The van der Waals surface area contributed by atoms with E-state index in [0.717, 1.165) is 26.0 Å². The SMILES string of the molecule is COCC1CCC2C1OCCN2C(C)=O. The van der Waals surface area contributed by atoms with E-state index in [1.165, 1.54) is 0 Å². The Morgan fingerprint density at radius 2 is 2.33 bits per heavy atom. The van der Waals surface area contributed by atoms with Gasteiger partial charge in [0.05, 0.1) is 25.4 Å². The number of carbonyl (C=O) groups excluding carboxylic acids is 1. The van der Waals surface area contributed by atoms with Gasteiger partial charge in [0.15, 0.2) is 0 Å². The average Bonchev–Trinajstić information content (AvgIpc) is 2.62. The molecule has 0 aromatic rings. The smallest absolute Gasteiger partial charge is 0.219 e. The zero-order valence-electron chi connectivity index (χ0n) is 9.44. The van der Waals surface area contributed by atoms with Gasteiger partial charge in [-0.15, -0.1) is 0 Å². The fourth-order valence-electron chi connectivity index (χ4n) is 2.84. The third kappa shape index (κ3) is 2.01. The summed E-state index contributed by atoms with van der Waals surface area (Å²) in [6.07, 6.45) is 2.35. The van der Waals surface area contributed by atoms with Gasteiger partial charge >= 0.3 is 0 Å². The van der Waals surface area contributed by atoms with Gasteiger partial charge in [-0.05, 0) is 12.8 Å². The van der Waals surface area contributed by atoms with Crippen LogP contribution in [0.4, 0.5) is 0 Å². The number of methoxy groups -OCH3 is 1. The lowest BCUT2D eigenvalue weighted by Crippen LogP contribution is -2.52. The number of nitrogens with zero attached hydrogens (tertiary/aromatic N) is 1. The summed E-state index contributed by atoms with van der Waals surface area (Å²) in [5, 5.41) is 0. The summed E-state index contributed by atoms with van der Waals surface area (Å²) in [5.74, 6) is 0.633. The van der Waals surface area contributed by atoms with Crippen molar-refractivity contribution in [2.75, 3.05) is 26.9 Å². The topological polar surface area (TPSA) is 38.8 Å². The molecule has 3 unspecified atom stereocenters. The van der Waals surface area contributed by atoms with E-state index in [1.807, 2.05) is 4.90 Å². The number of hydrogen-bond acceptors (Lipinski definition) is 3. The maximum absolute atomic E-state index is 11.4. The molecule has 4 nitrogen and oxygen atoms in total. The summed E-state index contributed by atoms with van der Waals surface area (Å²) in [4.78, 5) is 13.4. The van der Waals surface area contributed by atoms with Crippen LogP contribution in [-0.4, -0.2) is 49.8 Å². The first-order valence-corrected chi connectivity index (χ1v) is 5.61. The van der Waals surface area contributed by atoms with Crippen molar-refractivity contribution in [3.63, 3.8) is 0 Å². The zero-order chi connectivity index (χ0) is 10.8. The third-order valence-corrected chi connectivity index (χ3v) is 3.51. The average molecular weight is 213 g/mol. The Morgan fingerprint density at radius 3 is 3.00 bits per heavy atom. The number of morpholine rings is 1. The molecule has 0 aromatic heterocycles. The van der Waals surface area contributed by atoms with E-state index < -0.39 is 0 Å². The Morgan fingerprint density at radius 1 is 1.53 bits per heavy atom. The summed E-state index contributed by atoms with van der Waals surface area (Å²) < 4.78 is 11.0. The summed E-state index contributed by atoms with van der Waals surface area (Å²) >= 11 is 0. The van der Waals surface area contributed by atoms with Gasteiger partial charge in [-0.1, -0.05) is 0 Å². The van der Waals surface area contributed by atoms with Crippen molar-refractivity contribution >= 4 is 5.91 Å². The van der Waals surface area contributed by atoms with Crippen LogP contribution in [0.2, 0.25) is 0 Å². The normalized spacial score (nSPS) is 35.3. The molecule has 4 heteroatoms. The molecule has 0 N–H and O–H groups in total. The largest absolute Gasteiger partial charge is 0.384 e. The lowest BCUT2D eigenvalue weighted by molar-refractivity contribution is -0.144. The maximum atomic E-state index is 11.4. The maximum Gasteiger partial charge on any atom is 0.219 e. The second-order valence-electron chi connectivity index (χ2n) is 4.41. The number of rotatable bonds is 2. The highest BCUT2D eigenvalue weighted by Crippen LogP contribution is 2.34. The quantitative estimate of drug-likeness (QED) is 0.676. The van der Waals surface area contributed by atoms with Crippen LogP contribution in [0.1, 0.15) is 19.8 Å². The Bertz CT molecular complexity index is 244. The second-order valence-corrected chi connectivity index (χ2v) is 4.41. The Balaban J connectivity index is 2.04. The van der Waals surface area contributed by atoms with E-state index in [0.29, 0.717) is 12.5 Å². The predicted octanol–water partition coefficient (Wildman–Crippen LogP) is 0.659. The van der Waals surface area contributed by atoms with E-state index in [2.05, 4.69) is 0 Å². The number of amides is 1. The molecule has 3 atom stereocenters. The van der Waals surface area contributed by atoms with Crippen LogP contribution < -0.4 is 0 Å². The molecule has 2 aliphatic rings. The first-order chi connectivity index (χ1) is 7.24. The molecule has 1 aliphatic heterocycles. The molecule has 86 valence electrons. The first kappa shape index (κ1) is 10.9. The molecule has 1 amide bonds. The third-order valence-electron chi connectivity index (χ3n) is 3.51. The lowest BCUT2D eigenvalue weighted by atomic mass is 10.0. The summed E-state index contributed by atoms with van der Waals surface area (Å²) in [5.41, 5.74) is 0. The molecule has 2 fully saturated rings. The highest BCUT2D eigenvalue weighted by molar-refractivity contribution is 5.73. The van der Waals surface area contributed by atoms with Crippen molar-refractivity contribution in [1.82, 2.24) is 4.90 Å². The molecule has 1 heterocycles. The van der Waals surface area contributed by atoms with Crippen LogP contribution in [-0.2, 0) is 14.3 Å². The van der Waals surface area contributed by atoms with Crippen molar-refractivity contribution in [1.29, 1.82) is 0 Å². The van der Waals surface area contributed by atoms with Crippen LogP contribution in [0.5, 0.6) is 0 Å². The van der Waals surface area contributed by atoms with Gasteiger partial charge in [-0.2, -0.15) is 0 Å². The molecular weight excluding hydrogens is 194 g/mol. The highest BCUT2D eigenvalue weighted by Gasteiger charge is 2.43. The van der Waals surface area contributed by atoms with Crippen molar-refractivity contribution in [2.24, 2.45) is 5.92 Å². The molecule has 1 saturated heterocycles. The number of hydrogen-bond donors (Lipinski definition) is 0. The van der Waals surface area contributed by atoms with Crippen molar-refractivity contribution < 1.29 is 14.3 Å². The molecule has 0 aromatic carbocycles. The molecule has 0 spiro atoms. The number of ether oxygens (including phenoxy) is 2. The Labute approximate surface area is 90.5 Å². The standard InChI is InChI=1S/C11H19NO3/c1-8(13)12-5-6-15-11-9(7-14-2)3-4-10(11)12/h9-11H,3-7H2,1-2H3. The van der Waals surface area contributed by atoms with Gasteiger partial charge in [0, 0.05) is 26.5 Å². The molecule has 2 rings (SSSR count). The van der Waals surface area contributed by atoms with Gasteiger partial charge in [0.1, 0.15) is 0 Å². The van der Waals surface area contributed by atoms with Gasteiger partial charge in [0.2, 0.25) is 5.91 Å². The highest BCUT2D eigenvalue weighted by atomic mass is 16.5. The van der Waals surface area contributed by atoms with Crippen LogP contribution >= 0.6 is 0 Å². The summed E-state index contributed by atoms with van der Waals surface area (Å²) in [7, 11) is 1.72. The van der Waals surface area contributed by atoms with E-state index >= 15 is 0 Å². The fraction of sp³-hybridized carbons (Fsp3) is 0.909. The van der Waals surface area contributed by atoms with Crippen LogP contribution in [0, 0.1) is 5.92 Å². The Kier molecular flexibility index (Phi) is 3.26. The minimum atomic E-state index is 0.173. The van der Waals surface area contributed by atoms with E-state index in [-0.39, 0.29) is 18.1 Å². The Hall–Kier alpha value is -0.610. The summed E-state index contributed by atoms with van der Waals surface area (Å²) in [6, 6.07) is 0.288. The number of fused-ring (bicyclic) bond motifs is 1. The van der Waals surface area contributed by atoms with Crippen molar-refractivity contribution in [2.45, 2.75) is 31.9 Å². The van der Waals surface area contributed by atoms with Crippen LogP contribution in [0.25, 0.3) is 0 Å². The van der Waals surface area contributed by atoms with E-state index in [4.69, 9.17) is 9.47 Å². The minimum Gasteiger partial charge on any atom is -0.384 e. The minimum absolute atomic E-state index is 0.173. The van der Waals surface area contributed by atoms with Gasteiger partial charge < -0.3 is 14.4 Å². The van der Waals surface area contributed by atoms with Crippen molar-refractivity contribution in [3.05, 3.63) is 0 Å². The fourth-order valence-corrected chi connectivity index (χ4v) is 2.84. The molecular formula is C11H19NO3. The van der Waals surface area contributed by atoms with E-state index in [1.54, 1.807) is 14.0 Å². The van der Waals surface area contributed by atoms with Gasteiger partial charge in [-0.25, -0.2) is 0 Å². The first-order valence-electron chi connectivity index (χ1n) is 5.61. The molecule has 0 radical (unpaired) electrons. The van der Waals surface area contributed by atoms with Crippen molar-refractivity contribution in [3.8, 4) is 0 Å². The molecule has 0 bridgehead atoms. The molecule has 1 aliphatic carbocycles. The summed E-state index contributed by atoms with van der Waals surface area (Å²) in [6.45, 7) is 3.80. The molecule has 15 heavy (non-hydrogen) atoms. The van der Waals surface area contributed by atoms with E-state index in [9.17, 15) is 4.79 Å². The van der Waals surface area contributed by atoms with Gasteiger partial charge in [-0.3, -0.25) is 4.79 Å². The van der Waals surface area contributed by atoms with Crippen LogP contribution in [0.3, 0.4) is 0 Å².